The maximum atomic E-state index is 3.60. The number of rotatable bonds is 4. The van der Waals surface area contributed by atoms with Gasteiger partial charge >= 0.3 is 0 Å². The lowest BCUT2D eigenvalue weighted by atomic mass is 10.1. The van der Waals surface area contributed by atoms with Crippen LogP contribution in [0.25, 0.3) is 0 Å². The van der Waals surface area contributed by atoms with Crippen molar-refractivity contribution in [2.75, 3.05) is 29.9 Å². The van der Waals surface area contributed by atoms with Crippen LogP contribution in [0.3, 0.4) is 0 Å². The molecule has 0 radical (unpaired) electrons. The largest absolute Gasteiger partial charge is 0.383 e. The number of fused-ring (bicyclic) bond motifs is 1. The molecule has 0 aromatic heterocycles. The van der Waals surface area contributed by atoms with Crippen LogP contribution in [0.1, 0.15) is 16.7 Å². The molecule has 2 aromatic rings. The van der Waals surface area contributed by atoms with Gasteiger partial charge in [-0.05, 0) is 43.0 Å². The minimum atomic E-state index is 0.986. The molecule has 0 saturated heterocycles. The minimum absolute atomic E-state index is 0.986. The van der Waals surface area contributed by atoms with Crippen molar-refractivity contribution < 1.29 is 0 Å². The van der Waals surface area contributed by atoms with E-state index >= 15 is 0 Å². The number of benzene rings is 2. The van der Waals surface area contributed by atoms with Gasteiger partial charge in [0, 0.05) is 31.0 Å². The van der Waals surface area contributed by atoms with Crippen molar-refractivity contribution in [2.24, 2.45) is 0 Å². The fourth-order valence-electron chi connectivity index (χ4n) is 3.05. The van der Waals surface area contributed by atoms with Gasteiger partial charge in [0.05, 0.1) is 0 Å². The predicted molar refractivity (Wildman–Crippen MR) is 86.8 cm³/mol. The van der Waals surface area contributed by atoms with Crippen molar-refractivity contribution in [3.05, 3.63) is 59.2 Å². The summed E-state index contributed by atoms with van der Waals surface area (Å²) in [6, 6.07) is 15.2. The van der Waals surface area contributed by atoms with Gasteiger partial charge in [0.1, 0.15) is 0 Å². The lowest BCUT2D eigenvalue weighted by Crippen LogP contribution is -2.27. The maximum Gasteiger partial charge on any atom is 0.0400 e. The number of hydrogen-bond acceptors (Lipinski definition) is 2. The van der Waals surface area contributed by atoms with Crippen molar-refractivity contribution in [3.63, 3.8) is 0 Å². The Morgan fingerprint density at radius 1 is 1.00 bits per heavy atom. The van der Waals surface area contributed by atoms with E-state index < -0.39 is 0 Å². The molecular formula is C18H22N2. The smallest absolute Gasteiger partial charge is 0.0400 e. The topological polar surface area (TPSA) is 15.3 Å². The minimum Gasteiger partial charge on any atom is -0.383 e. The van der Waals surface area contributed by atoms with E-state index in [1.54, 1.807) is 0 Å². The van der Waals surface area contributed by atoms with Crippen LogP contribution in [0.5, 0.6) is 0 Å². The third-order valence-electron chi connectivity index (χ3n) is 4.15. The molecule has 2 aromatic carbocycles. The lowest BCUT2D eigenvalue weighted by Gasteiger charge is -2.21. The molecule has 0 saturated carbocycles. The Hall–Kier alpha value is -1.96. The Labute approximate surface area is 121 Å². The van der Waals surface area contributed by atoms with Gasteiger partial charge in [-0.15, -0.1) is 0 Å². The van der Waals surface area contributed by atoms with Crippen molar-refractivity contribution in [3.8, 4) is 0 Å². The normalized spacial score (nSPS) is 13.4. The molecule has 2 nitrogen and oxygen atoms in total. The SMILES string of the molecule is Cc1cccc(C)c1NCCN1CCc2ccccc21. The van der Waals surface area contributed by atoms with E-state index in [0.29, 0.717) is 0 Å². The first-order valence-corrected chi connectivity index (χ1v) is 7.38. The highest BCUT2D eigenvalue weighted by Crippen LogP contribution is 2.27. The highest BCUT2D eigenvalue weighted by molar-refractivity contribution is 5.59. The molecular weight excluding hydrogens is 244 g/mol. The molecule has 104 valence electrons. The van der Waals surface area contributed by atoms with Gasteiger partial charge in [-0.1, -0.05) is 36.4 Å². The summed E-state index contributed by atoms with van der Waals surface area (Å²) in [5.74, 6) is 0. The van der Waals surface area contributed by atoms with Gasteiger partial charge in [0.2, 0.25) is 0 Å². The lowest BCUT2D eigenvalue weighted by molar-refractivity contribution is 0.838. The molecule has 0 fully saturated rings. The molecule has 20 heavy (non-hydrogen) atoms. The first-order chi connectivity index (χ1) is 9.75. The molecule has 0 unspecified atom stereocenters. The highest BCUT2D eigenvalue weighted by atomic mass is 15.2. The van der Waals surface area contributed by atoms with Gasteiger partial charge < -0.3 is 10.2 Å². The average molecular weight is 266 g/mol. The second-order valence-electron chi connectivity index (χ2n) is 5.56. The van der Waals surface area contributed by atoms with Crippen LogP contribution < -0.4 is 10.2 Å². The third kappa shape index (κ3) is 2.51. The zero-order chi connectivity index (χ0) is 13.9. The Kier molecular flexibility index (Phi) is 3.64. The van der Waals surface area contributed by atoms with E-state index in [1.807, 2.05) is 0 Å². The number of aryl methyl sites for hydroxylation is 2. The van der Waals surface area contributed by atoms with E-state index in [4.69, 9.17) is 0 Å². The van der Waals surface area contributed by atoms with Crippen LogP contribution in [0.15, 0.2) is 42.5 Å². The van der Waals surface area contributed by atoms with Crippen LogP contribution in [-0.4, -0.2) is 19.6 Å². The molecule has 0 amide bonds. The molecule has 3 rings (SSSR count). The van der Waals surface area contributed by atoms with Crippen LogP contribution >= 0.6 is 0 Å². The molecule has 0 atom stereocenters. The van der Waals surface area contributed by atoms with Crippen molar-refractivity contribution >= 4 is 11.4 Å². The van der Waals surface area contributed by atoms with Gasteiger partial charge in [0.25, 0.3) is 0 Å². The summed E-state index contributed by atoms with van der Waals surface area (Å²) in [4.78, 5) is 2.48. The van der Waals surface area contributed by atoms with E-state index in [2.05, 4.69) is 66.5 Å². The highest BCUT2D eigenvalue weighted by Gasteiger charge is 2.17. The van der Waals surface area contributed by atoms with Gasteiger partial charge in [-0.25, -0.2) is 0 Å². The van der Waals surface area contributed by atoms with Gasteiger partial charge in [-0.2, -0.15) is 0 Å². The molecule has 0 bridgehead atoms. The average Bonchev–Trinajstić information content (AvgIpc) is 2.86. The van der Waals surface area contributed by atoms with E-state index in [0.717, 1.165) is 19.6 Å². The summed E-state index contributed by atoms with van der Waals surface area (Å²) in [5.41, 5.74) is 6.84. The van der Waals surface area contributed by atoms with Crippen LogP contribution in [0.4, 0.5) is 11.4 Å². The van der Waals surface area contributed by atoms with E-state index in [9.17, 15) is 0 Å². The number of para-hydroxylation sites is 2. The van der Waals surface area contributed by atoms with Crippen LogP contribution in [0, 0.1) is 13.8 Å². The number of hydrogen-bond donors (Lipinski definition) is 1. The maximum absolute atomic E-state index is 3.60. The molecule has 1 aliphatic rings. The summed E-state index contributed by atoms with van der Waals surface area (Å²) < 4.78 is 0. The zero-order valence-electron chi connectivity index (χ0n) is 12.3. The quantitative estimate of drug-likeness (QED) is 0.906. The van der Waals surface area contributed by atoms with E-state index in [-0.39, 0.29) is 0 Å². The number of nitrogens with one attached hydrogen (secondary N) is 1. The zero-order valence-corrected chi connectivity index (χ0v) is 12.3. The second-order valence-corrected chi connectivity index (χ2v) is 5.56. The third-order valence-corrected chi connectivity index (χ3v) is 4.15. The van der Waals surface area contributed by atoms with Crippen LogP contribution in [0.2, 0.25) is 0 Å². The Morgan fingerprint density at radius 2 is 1.75 bits per heavy atom. The Morgan fingerprint density at radius 3 is 2.55 bits per heavy atom. The van der Waals surface area contributed by atoms with Crippen molar-refractivity contribution in [1.82, 2.24) is 0 Å². The van der Waals surface area contributed by atoms with Gasteiger partial charge in [0.15, 0.2) is 0 Å². The molecule has 1 aliphatic heterocycles. The number of nitrogens with zero attached hydrogens (tertiary/aromatic N) is 1. The standard InChI is InChI=1S/C18H22N2/c1-14-6-5-7-15(2)18(14)19-11-13-20-12-10-16-8-3-4-9-17(16)20/h3-9,19H,10-13H2,1-2H3. The second kappa shape index (κ2) is 5.58. The molecule has 1 N–H and O–H groups in total. The predicted octanol–water partition coefficient (Wildman–Crippen LogP) is 3.78. The Bertz CT molecular complexity index is 584. The fourth-order valence-corrected chi connectivity index (χ4v) is 3.05. The van der Waals surface area contributed by atoms with Crippen molar-refractivity contribution in [1.29, 1.82) is 0 Å². The summed E-state index contributed by atoms with van der Waals surface area (Å²) in [6.45, 7) is 7.53. The molecule has 2 heteroatoms. The summed E-state index contributed by atoms with van der Waals surface area (Å²) in [6.07, 6.45) is 1.18. The monoisotopic (exact) mass is 266 g/mol. The van der Waals surface area contributed by atoms with Gasteiger partial charge in [-0.3, -0.25) is 0 Å². The first kappa shape index (κ1) is 13.0. The van der Waals surface area contributed by atoms with Crippen molar-refractivity contribution in [2.45, 2.75) is 20.3 Å². The molecule has 1 heterocycles. The fraction of sp³-hybridized carbons (Fsp3) is 0.333. The molecule has 0 aliphatic carbocycles. The summed E-state index contributed by atoms with van der Waals surface area (Å²) >= 11 is 0. The van der Waals surface area contributed by atoms with E-state index in [1.165, 1.54) is 34.5 Å². The Balaban J connectivity index is 1.62. The number of anilines is 2. The summed E-state index contributed by atoms with van der Waals surface area (Å²) in [7, 11) is 0. The summed E-state index contributed by atoms with van der Waals surface area (Å²) in [5, 5.41) is 3.60. The molecule has 0 spiro atoms. The first-order valence-electron chi connectivity index (χ1n) is 7.38. The van der Waals surface area contributed by atoms with Crippen LogP contribution in [-0.2, 0) is 6.42 Å².